The Morgan fingerprint density at radius 2 is 1.71 bits per heavy atom. The summed E-state index contributed by atoms with van der Waals surface area (Å²) in [6.07, 6.45) is 5.29. The molecule has 0 N–H and O–H groups in total. The van der Waals surface area contributed by atoms with E-state index in [1.54, 1.807) is 6.92 Å². The minimum atomic E-state index is -0.749. The monoisotopic (exact) mass is 432 g/mol. The maximum Gasteiger partial charge on any atom is 0.302 e. The van der Waals surface area contributed by atoms with Gasteiger partial charge in [-0.25, -0.2) is 0 Å². The van der Waals surface area contributed by atoms with Gasteiger partial charge in [0.2, 0.25) is 0 Å². The summed E-state index contributed by atoms with van der Waals surface area (Å²) >= 11 is 0. The lowest BCUT2D eigenvalue weighted by Crippen LogP contribution is -2.64. The van der Waals surface area contributed by atoms with Crippen molar-refractivity contribution in [2.75, 3.05) is 13.2 Å². The van der Waals surface area contributed by atoms with E-state index in [2.05, 4.69) is 13.8 Å². The lowest BCUT2D eigenvalue weighted by atomic mass is 9.43. The van der Waals surface area contributed by atoms with Gasteiger partial charge in [0.15, 0.2) is 5.79 Å². The summed E-state index contributed by atoms with van der Waals surface area (Å²) in [7, 11) is 0. The molecule has 8 atom stereocenters. The molecule has 6 nitrogen and oxygen atoms in total. The minimum absolute atomic E-state index is 0.00480. The molecule has 172 valence electrons. The molecule has 0 unspecified atom stereocenters. The molecule has 31 heavy (non-hydrogen) atoms. The zero-order valence-electron chi connectivity index (χ0n) is 19.3. The normalized spacial score (nSPS) is 48.1. The van der Waals surface area contributed by atoms with E-state index < -0.39 is 11.2 Å². The van der Waals surface area contributed by atoms with Gasteiger partial charge in [-0.15, -0.1) is 0 Å². The predicted molar refractivity (Wildman–Crippen MR) is 112 cm³/mol. The second kappa shape index (κ2) is 7.11. The minimum Gasteiger partial charge on any atom is -0.462 e. The van der Waals surface area contributed by atoms with E-state index in [0.717, 1.165) is 32.1 Å². The predicted octanol–water partition coefficient (Wildman–Crippen LogP) is 3.70. The van der Waals surface area contributed by atoms with E-state index in [-0.39, 0.29) is 53.2 Å². The summed E-state index contributed by atoms with van der Waals surface area (Å²) in [5.41, 5.74) is -0.702. The first-order valence-corrected chi connectivity index (χ1v) is 12.1. The Kier molecular flexibility index (Phi) is 4.95. The van der Waals surface area contributed by atoms with Gasteiger partial charge >= 0.3 is 5.97 Å². The second-order valence-corrected chi connectivity index (χ2v) is 11.4. The van der Waals surface area contributed by atoms with Gasteiger partial charge in [0.25, 0.3) is 0 Å². The molecule has 1 spiro atoms. The topological polar surface area (TPSA) is 78.9 Å². The quantitative estimate of drug-likeness (QED) is 0.619. The number of carbonyl (C=O) groups excluding carboxylic acids is 3. The number of hydrogen-bond donors (Lipinski definition) is 0. The molecule has 1 aliphatic heterocycles. The number of carbonyl (C=O) groups is 3. The lowest BCUT2D eigenvalue weighted by Gasteiger charge is -2.62. The maximum atomic E-state index is 13.8. The number of fused-ring (bicyclic) bond motifs is 5. The van der Waals surface area contributed by atoms with Crippen LogP contribution in [0, 0.1) is 40.4 Å². The van der Waals surface area contributed by atoms with Crippen molar-refractivity contribution in [2.24, 2.45) is 40.4 Å². The van der Waals surface area contributed by atoms with E-state index in [0.29, 0.717) is 31.5 Å². The average molecular weight is 433 g/mol. The molecule has 4 aliphatic carbocycles. The Balaban J connectivity index is 1.53. The van der Waals surface area contributed by atoms with Crippen LogP contribution in [0.2, 0.25) is 0 Å². The van der Waals surface area contributed by atoms with Crippen LogP contribution in [-0.2, 0) is 28.6 Å². The molecule has 5 rings (SSSR count). The number of hydrogen-bond acceptors (Lipinski definition) is 6. The Morgan fingerprint density at radius 3 is 2.35 bits per heavy atom. The van der Waals surface area contributed by atoms with E-state index in [9.17, 15) is 14.4 Å². The number of rotatable bonds is 2. The Bertz CT molecular complexity index is 800. The van der Waals surface area contributed by atoms with Gasteiger partial charge in [-0.1, -0.05) is 13.8 Å². The van der Waals surface area contributed by atoms with Crippen molar-refractivity contribution in [1.29, 1.82) is 0 Å². The van der Waals surface area contributed by atoms with Crippen molar-refractivity contribution in [3.63, 3.8) is 0 Å². The molecule has 0 bridgehead atoms. The highest BCUT2D eigenvalue weighted by molar-refractivity contribution is 5.87. The van der Waals surface area contributed by atoms with Gasteiger partial charge < -0.3 is 14.2 Å². The van der Waals surface area contributed by atoms with Crippen LogP contribution in [0.3, 0.4) is 0 Å². The highest BCUT2D eigenvalue weighted by Crippen LogP contribution is 2.68. The summed E-state index contributed by atoms with van der Waals surface area (Å²) in [6.45, 7) is 8.61. The van der Waals surface area contributed by atoms with E-state index >= 15 is 0 Å². The number of ketones is 2. The smallest absolute Gasteiger partial charge is 0.302 e. The molecule has 4 saturated carbocycles. The van der Waals surface area contributed by atoms with Crippen LogP contribution in [0.5, 0.6) is 0 Å². The average Bonchev–Trinajstić information content (AvgIpc) is 3.26. The van der Waals surface area contributed by atoms with Gasteiger partial charge in [0.1, 0.15) is 17.7 Å². The van der Waals surface area contributed by atoms with Crippen molar-refractivity contribution >= 4 is 17.5 Å². The zero-order valence-corrected chi connectivity index (χ0v) is 19.3. The summed E-state index contributed by atoms with van der Waals surface area (Å²) in [6, 6.07) is 0. The first-order chi connectivity index (χ1) is 14.6. The molecule has 0 radical (unpaired) electrons. The number of esters is 1. The van der Waals surface area contributed by atoms with E-state index in [1.807, 2.05) is 0 Å². The lowest BCUT2D eigenvalue weighted by molar-refractivity contribution is -0.234. The Labute approximate surface area is 184 Å². The van der Waals surface area contributed by atoms with E-state index in [4.69, 9.17) is 14.2 Å². The van der Waals surface area contributed by atoms with Crippen LogP contribution in [0.1, 0.15) is 72.6 Å². The molecule has 0 aromatic carbocycles. The number of ether oxygens (including phenoxy) is 3. The summed E-state index contributed by atoms with van der Waals surface area (Å²) in [5.74, 6) is 0.296. The van der Waals surface area contributed by atoms with Gasteiger partial charge in [-0.05, 0) is 62.2 Å². The van der Waals surface area contributed by atoms with Crippen molar-refractivity contribution in [2.45, 2.75) is 84.5 Å². The molecule has 1 saturated heterocycles. The third kappa shape index (κ3) is 3.00. The fraction of sp³-hybridized carbons (Fsp3) is 0.880. The molecule has 0 aromatic rings. The van der Waals surface area contributed by atoms with E-state index in [1.165, 1.54) is 6.92 Å². The van der Waals surface area contributed by atoms with Crippen LogP contribution in [0.4, 0.5) is 0 Å². The van der Waals surface area contributed by atoms with Crippen LogP contribution in [0.15, 0.2) is 0 Å². The molecule has 0 aromatic heterocycles. The van der Waals surface area contributed by atoms with Gasteiger partial charge in [0.05, 0.1) is 19.6 Å². The first kappa shape index (κ1) is 21.6. The molecule has 0 amide bonds. The second-order valence-electron chi connectivity index (χ2n) is 11.4. The first-order valence-electron chi connectivity index (χ1n) is 12.1. The molecule has 5 aliphatic rings. The fourth-order valence-corrected chi connectivity index (χ4v) is 8.85. The van der Waals surface area contributed by atoms with Crippen LogP contribution in [0.25, 0.3) is 0 Å². The zero-order chi connectivity index (χ0) is 22.2. The van der Waals surface area contributed by atoms with Crippen molar-refractivity contribution < 1.29 is 28.6 Å². The highest BCUT2D eigenvalue weighted by Gasteiger charge is 2.68. The largest absolute Gasteiger partial charge is 0.462 e. The third-order valence-electron chi connectivity index (χ3n) is 10.0. The fourth-order valence-electron chi connectivity index (χ4n) is 8.85. The van der Waals surface area contributed by atoms with Crippen molar-refractivity contribution in [1.82, 2.24) is 0 Å². The van der Waals surface area contributed by atoms with Crippen LogP contribution < -0.4 is 0 Å². The molecule has 6 heteroatoms. The van der Waals surface area contributed by atoms with Crippen LogP contribution in [-0.4, -0.2) is 42.6 Å². The van der Waals surface area contributed by atoms with Crippen LogP contribution >= 0.6 is 0 Å². The number of Topliss-reactive ketones (excluding diaryl/α,β-unsaturated/α-hetero) is 2. The van der Waals surface area contributed by atoms with Gasteiger partial charge in [-0.2, -0.15) is 0 Å². The molecule has 5 fully saturated rings. The highest BCUT2D eigenvalue weighted by atomic mass is 16.7. The third-order valence-corrected chi connectivity index (χ3v) is 10.0. The molecular weight excluding hydrogens is 396 g/mol. The van der Waals surface area contributed by atoms with Crippen molar-refractivity contribution in [3.8, 4) is 0 Å². The summed E-state index contributed by atoms with van der Waals surface area (Å²) in [5, 5.41) is 0. The summed E-state index contributed by atoms with van der Waals surface area (Å²) < 4.78 is 17.8. The standard InChI is InChI=1S/C25H36O6/c1-14(26)18-7-8-19-17-6-5-16-11-25(29-9-10-30-25)13-21(28)24(16,4)22(17)20(31-15(2)27)12-23(18,19)3/h16-20,22H,5-13H2,1-4H3/t16-,17+,18+,19-,20+,22-,23+,24+/m0/s1. The van der Waals surface area contributed by atoms with Gasteiger partial charge in [0, 0.05) is 30.6 Å². The Hall–Kier alpha value is -1.27. The Morgan fingerprint density at radius 1 is 1.00 bits per heavy atom. The summed E-state index contributed by atoms with van der Waals surface area (Å²) in [4.78, 5) is 38.4. The van der Waals surface area contributed by atoms with Crippen molar-refractivity contribution in [3.05, 3.63) is 0 Å². The SMILES string of the molecule is CC(=O)O[C@@H]1C[C@]2(C)[C@@H](C(C)=O)CC[C@H]2[C@H]2CC[C@H]3CC4(CC(=O)[C@]3(C)[C@@H]21)OCCO4. The van der Waals surface area contributed by atoms with Gasteiger partial charge in [-0.3, -0.25) is 14.4 Å². The maximum absolute atomic E-state index is 13.8. The molecular formula is C25H36O6. The molecule has 1 heterocycles.